The molecular formula is C32H35ClN2O5S. The molecule has 0 saturated heterocycles. The molecule has 0 spiro atoms. The molecule has 0 aromatic heterocycles. The van der Waals surface area contributed by atoms with E-state index in [0.717, 1.165) is 41.5 Å². The number of sulfonamides is 1. The Labute approximate surface area is 249 Å². The van der Waals surface area contributed by atoms with Gasteiger partial charge in [-0.15, -0.1) is 11.6 Å². The summed E-state index contributed by atoms with van der Waals surface area (Å²) >= 11 is 5.93. The molecule has 0 radical (unpaired) electrons. The van der Waals surface area contributed by atoms with Crippen LogP contribution in [0.2, 0.25) is 0 Å². The molecule has 41 heavy (non-hydrogen) atoms. The predicted molar refractivity (Wildman–Crippen MR) is 155 cm³/mol. The van der Waals surface area contributed by atoms with Crippen LogP contribution in [0.1, 0.15) is 70.4 Å². The minimum absolute atomic E-state index is 0.141. The number of hydrogen-bond donors (Lipinski definition) is 1. The third kappa shape index (κ3) is 4.54. The van der Waals surface area contributed by atoms with Crippen molar-refractivity contribution in [3.8, 4) is 0 Å². The van der Waals surface area contributed by atoms with Crippen LogP contribution in [0, 0.1) is 17.8 Å². The minimum atomic E-state index is -3.81. The summed E-state index contributed by atoms with van der Waals surface area (Å²) in [6.45, 7) is 0. The topological polar surface area (TPSA) is 92.8 Å². The van der Waals surface area contributed by atoms with E-state index in [0.29, 0.717) is 29.7 Å². The summed E-state index contributed by atoms with van der Waals surface area (Å²) in [6.07, 6.45) is 6.97. The third-order valence-electron chi connectivity index (χ3n) is 10.1. The van der Waals surface area contributed by atoms with Gasteiger partial charge in [0.2, 0.25) is 15.9 Å². The van der Waals surface area contributed by atoms with Crippen molar-refractivity contribution >= 4 is 39.1 Å². The van der Waals surface area contributed by atoms with E-state index in [1.807, 2.05) is 24.3 Å². The number of fused-ring (bicyclic) bond motifs is 2. The molecule has 4 bridgehead atoms. The van der Waals surface area contributed by atoms with Crippen LogP contribution in [-0.4, -0.2) is 49.7 Å². The number of ether oxygens (including phenoxy) is 1. The van der Waals surface area contributed by atoms with E-state index in [2.05, 4.69) is 4.72 Å². The lowest BCUT2D eigenvalue weighted by Crippen LogP contribution is -2.59. The molecule has 2 aromatic carbocycles. The van der Waals surface area contributed by atoms with Crippen LogP contribution in [-0.2, 0) is 30.8 Å². The lowest BCUT2D eigenvalue weighted by Gasteiger charge is -2.56. The Kier molecular flexibility index (Phi) is 6.04. The summed E-state index contributed by atoms with van der Waals surface area (Å²) in [5, 5.41) is 0. The van der Waals surface area contributed by atoms with Crippen LogP contribution in [0.15, 0.2) is 59.0 Å². The highest BCUT2D eigenvalue weighted by Crippen LogP contribution is 2.56. The molecule has 1 heterocycles. The van der Waals surface area contributed by atoms with Crippen molar-refractivity contribution < 1.29 is 25.5 Å². The number of hydrogen-bond acceptors (Lipinski definition) is 5. The van der Waals surface area contributed by atoms with Crippen molar-refractivity contribution in [1.82, 2.24) is 9.62 Å². The van der Waals surface area contributed by atoms with E-state index in [1.165, 1.54) is 31.3 Å². The van der Waals surface area contributed by atoms with Gasteiger partial charge in [0.05, 0.1) is 20.8 Å². The zero-order chi connectivity index (χ0) is 30.3. The van der Waals surface area contributed by atoms with Crippen LogP contribution < -0.4 is 4.72 Å². The number of esters is 1. The van der Waals surface area contributed by atoms with E-state index in [9.17, 15) is 18.0 Å². The lowest BCUT2D eigenvalue weighted by molar-refractivity contribution is -0.153. The SMILES string of the molecule is [2H]C([2H])(Cl)C(=O)N1[C@@H](C(=O)OC)CC2=C(Cc3ccccc32)[C@@H]1c1ccc(S(=O)(=O)NC23CC4CC(CC(C4)C2)C3)cc1. The largest absolute Gasteiger partial charge is 0.467 e. The van der Waals surface area contributed by atoms with Gasteiger partial charge >= 0.3 is 5.97 Å². The van der Waals surface area contributed by atoms with Crippen molar-refractivity contribution in [1.29, 1.82) is 0 Å². The Morgan fingerprint density at radius 2 is 1.68 bits per heavy atom. The standard InChI is InChI=1S/C32H35ClN2O5S/c1-40-31(37)28-14-26-25-5-3-2-4-23(25)13-27(26)30(35(28)29(36)18-33)22-6-8-24(9-7-22)41(38,39)34-32-15-19-10-20(16-32)12-21(11-19)17-32/h2-9,19-21,28,30,34H,10-18H2,1H3/t19?,20?,21?,28-,30+,32?/m1/s1/i18D2. The Morgan fingerprint density at radius 1 is 1.05 bits per heavy atom. The fourth-order valence-corrected chi connectivity index (χ4v) is 10.5. The molecule has 8 rings (SSSR count). The predicted octanol–water partition coefficient (Wildman–Crippen LogP) is 5.00. The number of benzene rings is 2. The molecule has 216 valence electrons. The summed E-state index contributed by atoms with van der Waals surface area (Å²) in [6, 6.07) is 12.3. The first-order chi connectivity index (χ1) is 20.4. The number of carbonyl (C=O) groups excluding carboxylic acids is 2. The highest BCUT2D eigenvalue weighted by Gasteiger charge is 2.52. The number of rotatable bonds is 6. The number of methoxy groups -OCH3 is 1. The van der Waals surface area contributed by atoms with Gasteiger partial charge in [-0.2, -0.15) is 0 Å². The molecule has 4 fully saturated rings. The van der Waals surface area contributed by atoms with Crippen molar-refractivity contribution in [2.75, 3.05) is 12.9 Å². The number of amides is 1. The summed E-state index contributed by atoms with van der Waals surface area (Å²) in [4.78, 5) is 28.0. The molecule has 2 atom stereocenters. The Hall–Kier alpha value is -2.68. The Morgan fingerprint density at radius 3 is 2.29 bits per heavy atom. The molecule has 7 nitrogen and oxygen atoms in total. The van der Waals surface area contributed by atoms with E-state index in [-0.39, 0.29) is 16.9 Å². The highest BCUT2D eigenvalue weighted by molar-refractivity contribution is 7.89. The average molecular weight is 597 g/mol. The maximum atomic E-state index is 13.7. The van der Waals surface area contributed by atoms with Crippen LogP contribution in [0.5, 0.6) is 0 Å². The van der Waals surface area contributed by atoms with Crippen molar-refractivity contribution in [2.45, 2.75) is 73.9 Å². The monoisotopic (exact) mass is 596 g/mol. The zero-order valence-corrected chi connectivity index (χ0v) is 24.5. The fourth-order valence-electron chi connectivity index (χ4n) is 9.01. The van der Waals surface area contributed by atoms with E-state index < -0.39 is 39.8 Å². The normalized spacial score (nSPS) is 32.7. The molecule has 9 heteroatoms. The summed E-state index contributed by atoms with van der Waals surface area (Å²) in [5.74, 6) is -2.70. The van der Waals surface area contributed by atoms with Crippen LogP contribution >= 0.6 is 11.6 Å². The number of nitrogens with zero attached hydrogens (tertiary/aromatic N) is 1. The van der Waals surface area contributed by atoms with E-state index in [4.69, 9.17) is 19.1 Å². The second kappa shape index (κ2) is 9.96. The molecular weight excluding hydrogens is 560 g/mol. The van der Waals surface area contributed by atoms with Crippen molar-refractivity contribution in [3.05, 3.63) is 70.8 Å². The average Bonchev–Trinajstić information content (AvgIpc) is 3.32. The third-order valence-corrected chi connectivity index (χ3v) is 11.9. The zero-order valence-electron chi connectivity index (χ0n) is 24.9. The first-order valence-corrected chi connectivity index (χ1v) is 16.3. The van der Waals surface area contributed by atoms with E-state index in [1.54, 1.807) is 24.3 Å². The molecule has 4 saturated carbocycles. The summed E-state index contributed by atoms with van der Waals surface area (Å²) in [5.41, 5.74) is 3.98. The van der Waals surface area contributed by atoms with Gasteiger partial charge in [-0.05, 0) is 103 Å². The Balaban J connectivity index is 1.26. The number of halogens is 1. The van der Waals surface area contributed by atoms with Crippen LogP contribution in [0.4, 0.5) is 0 Å². The maximum absolute atomic E-state index is 13.7. The molecule has 1 N–H and O–H groups in total. The van der Waals surface area contributed by atoms with Gasteiger partial charge in [0, 0.05) is 12.0 Å². The number of nitrogens with one attached hydrogen (secondary N) is 1. The van der Waals surface area contributed by atoms with Gasteiger partial charge in [-0.1, -0.05) is 36.4 Å². The quantitative estimate of drug-likeness (QED) is 0.374. The first kappa shape index (κ1) is 24.9. The molecule has 6 aliphatic rings. The number of carbonyl (C=O) groups is 2. The van der Waals surface area contributed by atoms with Crippen molar-refractivity contribution in [3.63, 3.8) is 0 Å². The van der Waals surface area contributed by atoms with Gasteiger partial charge < -0.3 is 9.64 Å². The van der Waals surface area contributed by atoms with Gasteiger partial charge in [0.25, 0.3) is 0 Å². The molecule has 5 aliphatic carbocycles. The Bertz CT molecular complexity index is 1600. The second-order valence-electron chi connectivity index (χ2n) is 12.7. The smallest absolute Gasteiger partial charge is 0.328 e. The van der Waals surface area contributed by atoms with Gasteiger partial charge in [-0.25, -0.2) is 17.9 Å². The molecule has 1 amide bonds. The van der Waals surface area contributed by atoms with Crippen molar-refractivity contribution in [2.24, 2.45) is 17.8 Å². The fraction of sp³-hybridized carbons (Fsp3) is 0.500. The van der Waals surface area contributed by atoms with Gasteiger partial charge in [0.1, 0.15) is 11.9 Å². The van der Waals surface area contributed by atoms with E-state index >= 15 is 0 Å². The first-order valence-electron chi connectivity index (χ1n) is 15.4. The van der Waals surface area contributed by atoms with Gasteiger partial charge in [0.15, 0.2) is 0 Å². The highest BCUT2D eigenvalue weighted by atomic mass is 35.5. The van der Waals surface area contributed by atoms with Crippen LogP contribution in [0.3, 0.4) is 0 Å². The number of alkyl halides is 1. The summed E-state index contributed by atoms with van der Waals surface area (Å²) in [7, 11) is -2.58. The molecule has 2 aromatic rings. The molecule has 0 unspecified atom stereocenters. The second-order valence-corrected chi connectivity index (χ2v) is 14.5. The van der Waals surface area contributed by atoms with Crippen LogP contribution in [0.25, 0.3) is 5.57 Å². The minimum Gasteiger partial charge on any atom is -0.467 e. The maximum Gasteiger partial charge on any atom is 0.328 e. The lowest BCUT2D eigenvalue weighted by atomic mass is 9.53. The molecule has 1 aliphatic heterocycles. The summed E-state index contributed by atoms with van der Waals surface area (Å²) < 4.78 is 51.7. The van der Waals surface area contributed by atoms with Gasteiger partial charge in [-0.3, -0.25) is 4.79 Å².